The molecule has 0 saturated heterocycles. The molecule has 0 aromatic carbocycles. The van der Waals surface area contributed by atoms with E-state index in [0.717, 1.165) is 17.9 Å². The van der Waals surface area contributed by atoms with Crippen LogP contribution >= 0.6 is 0 Å². The van der Waals surface area contributed by atoms with Gasteiger partial charge in [-0.2, -0.15) is 0 Å². The van der Waals surface area contributed by atoms with Crippen LogP contribution in [0.2, 0.25) is 0 Å². The normalized spacial score (nSPS) is 12.5. The van der Waals surface area contributed by atoms with Gasteiger partial charge in [-0.15, -0.1) is 0 Å². The Bertz CT molecular complexity index is 284. The number of hydrogen-bond acceptors (Lipinski definition) is 4. The molecule has 0 saturated carbocycles. The van der Waals surface area contributed by atoms with E-state index in [1.54, 1.807) is 7.11 Å². The highest BCUT2D eigenvalue weighted by Gasteiger charge is 2.03. The summed E-state index contributed by atoms with van der Waals surface area (Å²) < 4.78 is 5.01. The van der Waals surface area contributed by atoms with Crippen molar-refractivity contribution in [3.63, 3.8) is 0 Å². The van der Waals surface area contributed by atoms with Crippen LogP contribution < -0.4 is 10.6 Å². The Kier molecular flexibility index (Phi) is 4.52. The minimum Gasteiger partial charge on any atom is -0.383 e. The first-order valence-electron chi connectivity index (χ1n) is 5.06. The van der Waals surface area contributed by atoms with Gasteiger partial charge in [-0.3, -0.25) is 4.98 Å². The predicted molar refractivity (Wildman–Crippen MR) is 62.0 cm³/mol. The first-order valence-corrected chi connectivity index (χ1v) is 5.06. The fourth-order valence-electron chi connectivity index (χ4n) is 1.25. The fraction of sp³-hybridized carbons (Fsp3) is 0.545. The number of anilines is 1. The van der Waals surface area contributed by atoms with Crippen LogP contribution in [-0.2, 0) is 4.74 Å². The molecule has 1 aromatic heterocycles. The number of likely N-dealkylation sites (N-methyl/N-ethyl adjacent to an activating group) is 1. The lowest BCUT2D eigenvalue weighted by atomic mass is 10.2. The molecule has 0 aliphatic carbocycles. The third-order valence-electron chi connectivity index (χ3n) is 2.31. The van der Waals surface area contributed by atoms with E-state index < -0.39 is 0 Å². The second-order valence-electron chi connectivity index (χ2n) is 3.64. The first kappa shape index (κ1) is 11.9. The van der Waals surface area contributed by atoms with Gasteiger partial charge >= 0.3 is 0 Å². The number of aromatic nitrogens is 1. The summed E-state index contributed by atoms with van der Waals surface area (Å²) in [5.41, 5.74) is 7.72. The van der Waals surface area contributed by atoms with E-state index in [9.17, 15) is 0 Å². The molecule has 1 atom stereocenters. The number of hydrogen-bond donors (Lipinski definition) is 1. The van der Waals surface area contributed by atoms with E-state index in [0.29, 0.717) is 6.61 Å². The lowest BCUT2D eigenvalue weighted by Gasteiger charge is -2.18. The van der Waals surface area contributed by atoms with Crippen molar-refractivity contribution in [3.05, 3.63) is 24.0 Å². The Morgan fingerprint density at radius 1 is 1.53 bits per heavy atom. The van der Waals surface area contributed by atoms with E-state index in [2.05, 4.69) is 9.88 Å². The van der Waals surface area contributed by atoms with Gasteiger partial charge in [0.25, 0.3) is 0 Å². The van der Waals surface area contributed by atoms with E-state index in [-0.39, 0.29) is 6.04 Å². The second kappa shape index (κ2) is 5.68. The smallest absolute Gasteiger partial charge is 0.0637 e. The summed E-state index contributed by atoms with van der Waals surface area (Å²) in [5.74, 6) is 0. The average Bonchev–Trinajstić information content (AvgIpc) is 2.26. The van der Waals surface area contributed by atoms with Crippen LogP contribution in [0.25, 0.3) is 0 Å². The zero-order valence-electron chi connectivity index (χ0n) is 9.60. The lowest BCUT2D eigenvalue weighted by Crippen LogP contribution is -2.22. The van der Waals surface area contributed by atoms with Crippen molar-refractivity contribution >= 4 is 5.69 Å². The Morgan fingerprint density at radius 2 is 2.27 bits per heavy atom. The highest BCUT2D eigenvalue weighted by atomic mass is 16.5. The zero-order chi connectivity index (χ0) is 11.3. The number of rotatable bonds is 5. The van der Waals surface area contributed by atoms with Gasteiger partial charge < -0.3 is 15.4 Å². The van der Waals surface area contributed by atoms with E-state index in [1.165, 1.54) is 0 Å². The third kappa shape index (κ3) is 3.49. The Morgan fingerprint density at radius 3 is 2.73 bits per heavy atom. The molecule has 0 radical (unpaired) electrons. The van der Waals surface area contributed by atoms with E-state index in [1.807, 2.05) is 32.3 Å². The van der Waals surface area contributed by atoms with Crippen molar-refractivity contribution in [1.82, 2.24) is 4.98 Å². The van der Waals surface area contributed by atoms with Gasteiger partial charge in [0, 0.05) is 26.7 Å². The molecule has 0 fully saturated rings. The Balaban J connectivity index is 2.62. The maximum Gasteiger partial charge on any atom is 0.0637 e. The topological polar surface area (TPSA) is 51.4 Å². The van der Waals surface area contributed by atoms with Gasteiger partial charge in [0.15, 0.2) is 0 Å². The minimum atomic E-state index is -0.0108. The molecule has 0 bridgehead atoms. The third-order valence-corrected chi connectivity index (χ3v) is 2.31. The number of pyridine rings is 1. The van der Waals surface area contributed by atoms with Crippen molar-refractivity contribution in [2.45, 2.75) is 13.0 Å². The molecule has 1 rings (SSSR count). The molecular weight excluding hydrogens is 190 g/mol. The number of methoxy groups -OCH3 is 1. The summed E-state index contributed by atoms with van der Waals surface area (Å²) in [6.07, 6.45) is 1.84. The van der Waals surface area contributed by atoms with Crippen LogP contribution in [0.3, 0.4) is 0 Å². The number of nitrogens with zero attached hydrogens (tertiary/aromatic N) is 2. The Labute approximate surface area is 91.1 Å². The van der Waals surface area contributed by atoms with Crippen molar-refractivity contribution < 1.29 is 4.74 Å². The molecule has 0 amide bonds. The molecule has 0 aliphatic heterocycles. The summed E-state index contributed by atoms with van der Waals surface area (Å²) in [6, 6.07) is 3.98. The quantitative estimate of drug-likeness (QED) is 0.791. The zero-order valence-corrected chi connectivity index (χ0v) is 9.60. The van der Waals surface area contributed by atoms with Crippen LogP contribution in [0, 0.1) is 0 Å². The van der Waals surface area contributed by atoms with Gasteiger partial charge in [-0.05, 0) is 19.1 Å². The minimum absolute atomic E-state index is 0.0108. The second-order valence-corrected chi connectivity index (χ2v) is 3.64. The van der Waals surface area contributed by atoms with Crippen molar-refractivity contribution in [2.24, 2.45) is 5.73 Å². The van der Waals surface area contributed by atoms with Gasteiger partial charge in [-0.25, -0.2) is 0 Å². The summed E-state index contributed by atoms with van der Waals surface area (Å²) >= 11 is 0. The van der Waals surface area contributed by atoms with Crippen molar-refractivity contribution in [1.29, 1.82) is 0 Å². The SMILES string of the molecule is COCCN(C)c1ccc([C@@H](C)N)nc1. The van der Waals surface area contributed by atoms with Crippen LogP contribution in [0.4, 0.5) is 5.69 Å². The standard InChI is InChI=1S/C11H19N3O/c1-9(12)11-5-4-10(8-13-11)14(2)6-7-15-3/h4-5,8-9H,6-7,12H2,1-3H3/t9-/m1/s1. The van der Waals surface area contributed by atoms with Gasteiger partial charge in [0.2, 0.25) is 0 Å². The highest BCUT2D eigenvalue weighted by Crippen LogP contribution is 2.13. The highest BCUT2D eigenvalue weighted by molar-refractivity contribution is 5.43. The van der Waals surface area contributed by atoms with E-state index >= 15 is 0 Å². The summed E-state index contributed by atoms with van der Waals surface area (Å²) in [5, 5.41) is 0. The molecule has 84 valence electrons. The Hall–Kier alpha value is -1.13. The molecule has 1 heterocycles. The predicted octanol–water partition coefficient (Wildman–Crippen LogP) is 1.18. The first-order chi connectivity index (χ1) is 7.15. The van der Waals surface area contributed by atoms with Crippen molar-refractivity contribution in [3.8, 4) is 0 Å². The molecule has 1 aromatic rings. The van der Waals surface area contributed by atoms with Crippen LogP contribution in [0.15, 0.2) is 18.3 Å². The monoisotopic (exact) mass is 209 g/mol. The largest absolute Gasteiger partial charge is 0.383 e. The molecule has 2 N–H and O–H groups in total. The number of nitrogens with two attached hydrogens (primary N) is 1. The van der Waals surface area contributed by atoms with Crippen LogP contribution in [0.1, 0.15) is 18.7 Å². The molecule has 4 heteroatoms. The summed E-state index contributed by atoms with van der Waals surface area (Å²) in [7, 11) is 3.72. The average molecular weight is 209 g/mol. The maximum atomic E-state index is 5.72. The molecule has 0 spiro atoms. The number of ether oxygens (including phenoxy) is 1. The molecular formula is C11H19N3O. The van der Waals surface area contributed by atoms with Crippen molar-refractivity contribution in [2.75, 3.05) is 32.2 Å². The molecule has 0 aliphatic rings. The molecule has 4 nitrogen and oxygen atoms in total. The van der Waals surface area contributed by atoms with Crippen LogP contribution in [0.5, 0.6) is 0 Å². The van der Waals surface area contributed by atoms with Gasteiger partial charge in [0.1, 0.15) is 0 Å². The summed E-state index contributed by atoms with van der Waals surface area (Å²) in [4.78, 5) is 6.40. The molecule has 15 heavy (non-hydrogen) atoms. The fourth-order valence-corrected chi connectivity index (χ4v) is 1.25. The summed E-state index contributed by atoms with van der Waals surface area (Å²) in [6.45, 7) is 3.50. The van der Waals surface area contributed by atoms with E-state index in [4.69, 9.17) is 10.5 Å². The van der Waals surface area contributed by atoms with Gasteiger partial charge in [0.05, 0.1) is 24.2 Å². The molecule has 0 unspecified atom stereocenters. The van der Waals surface area contributed by atoms with Crippen LogP contribution in [-0.4, -0.2) is 32.3 Å². The lowest BCUT2D eigenvalue weighted by molar-refractivity contribution is 0.206. The maximum absolute atomic E-state index is 5.72. The van der Waals surface area contributed by atoms with Gasteiger partial charge in [-0.1, -0.05) is 0 Å².